The number of rotatable bonds is 18. The summed E-state index contributed by atoms with van der Waals surface area (Å²) in [6.07, 6.45) is 0. The Kier molecular flexibility index (Phi) is 33.5. The summed E-state index contributed by atoms with van der Waals surface area (Å²) in [4.78, 5) is 5.97. The number of hydrogen-bond donors (Lipinski definition) is 7. The molecular formula is C29H50Cl2IN3O6. The number of aliphatic hydroxyl groups is 6. The standard InChI is InChI=1S/C16H28N2O4.C8H8Cl2.C4H11NO2.CH3I/c19-9-5-17(6-10-20)13-15-3-1-2-4-16(15)14-18(7-11-21)8-12-22;9-5-7-3-1-2-4-8(7)6-10;6-3-1-5-2-4-7;1-2/h1-4,19-22H,5-14H2;1-4H,5-6H2;5-7H,1-4H2;1H3. The number of alkyl halides is 3. The highest BCUT2D eigenvalue weighted by molar-refractivity contribution is 14.1. The topological polar surface area (TPSA) is 140 Å². The van der Waals surface area contributed by atoms with Crippen LogP contribution < -0.4 is 5.32 Å². The lowest BCUT2D eigenvalue weighted by molar-refractivity contribution is 0.149. The van der Waals surface area contributed by atoms with Crippen molar-refractivity contribution in [2.24, 2.45) is 0 Å². The molecule has 0 saturated heterocycles. The minimum atomic E-state index is 0.0588. The molecule has 0 aromatic heterocycles. The van der Waals surface area contributed by atoms with E-state index in [4.69, 9.17) is 53.8 Å². The minimum Gasteiger partial charge on any atom is -0.395 e. The molecule has 0 amide bonds. The van der Waals surface area contributed by atoms with E-state index in [1.165, 1.54) is 0 Å². The van der Waals surface area contributed by atoms with Gasteiger partial charge in [0.05, 0.1) is 39.6 Å². The quantitative estimate of drug-likeness (QED) is 0.0697. The Hall–Kier alpha value is -0.610. The highest BCUT2D eigenvalue weighted by Crippen LogP contribution is 2.15. The predicted molar refractivity (Wildman–Crippen MR) is 178 cm³/mol. The van der Waals surface area contributed by atoms with Gasteiger partial charge in [-0.1, -0.05) is 71.1 Å². The van der Waals surface area contributed by atoms with Crippen molar-refractivity contribution in [3.63, 3.8) is 0 Å². The Balaban J connectivity index is 0. The molecule has 0 saturated carbocycles. The first kappa shape index (κ1) is 42.5. The zero-order chi connectivity index (χ0) is 31.1. The summed E-state index contributed by atoms with van der Waals surface area (Å²) < 4.78 is 0. The van der Waals surface area contributed by atoms with Crippen LogP contribution in [0.15, 0.2) is 48.5 Å². The third-order valence-electron chi connectivity index (χ3n) is 5.55. The summed E-state index contributed by atoms with van der Waals surface area (Å²) in [5, 5.41) is 55.5. The molecule has 2 rings (SSSR count). The van der Waals surface area contributed by atoms with Crippen LogP contribution in [0.25, 0.3) is 0 Å². The van der Waals surface area contributed by atoms with Gasteiger partial charge in [-0.25, -0.2) is 0 Å². The van der Waals surface area contributed by atoms with Gasteiger partial charge in [0, 0.05) is 64.1 Å². The maximum atomic E-state index is 9.11. The van der Waals surface area contributed by atoms with E-state index in [-0.39, 0.29) is 39.6 Å². The van der Waals surface area contributed by atoms with Crippen LogP contribution in [0.4, 0.5) is 0 Å². The van der Waals surface area contributed by atoms with Crippen LogP contribution in [-0.4, -0.2) is 124 Å². The maximum Gasteiger partial charge on any atom is 0.0558 e. The monoisotopic (exact) mass is 733 g/mol. The molecule has 0 aliphatic carbocycles. The Bertz CT molecular complexity index is 754. The van der Waals surface area contributed by atoms with E-state index >= 15 is 0 Å². The first-order chi connectivity index (χ1) is 20.0. The summed E-state index contributed by atoms with van der Waals surface area (Å²) in [6.45, 7) is 5.04. The lowest BCUT2D eigenvalue weighted by atomic mass is 10.1. The van der Waals surface area contributed by atoms with Gasteiger partial charge in [0.25, 0.3) is 0 Å². The second-order valence-corrected chi connectivity index (χ2v) is 8.98. The van der Waals surface area contributed by atoms with Crippen molar-refractivity contribution in [3.8, 4) is 0 Å². The van der Waals surface area contributed by atoms with Crippen molar-refractivity contribution < 1.29 is 30.6 Å². The highest BCUT2D eigenvalue weighted by atomic mass is 127. The molecule has 7 N–H and O–H groups in total. The van der Waals surface area contributed by atoms with Crippen molar-refractivity contribution in [2.75, 3.05) is 83.8 Å². The second kappa shape index (κ2) is 32.3. The molecule has 2 aromatic carbocycles. The lowest BCUT2D eigenvalue weighted by Gasteiger charge is -2.25. The molecule has 0 aliphatic heterocycles. The smallest absolute Gasteiger partial charge is 0.0558 e. The van der Waals surface area contributed by atoms with Gasteiger partial charge in [0.1, 0.15) is 0 Å². The molecular weight excluding hydrogens is 684 g/mol. The summed E-state index contributed by atoms with van der Waals surface area (Å²) in [5.74, 6) is 1.09. The summed E-state index contributed by atoms with van der Waals surface area (Å²) in [7, 11) is 0. The zero-order valence-corrected chi connectivity index (χ0v) is 27.8. The molecule has 41 heavy (non-hydrogen) atoms. The molecule has 238 valence electrons. The van der Waals surface area contributed by atoms with Gasteiger partial charge in [-0.05, 0) is 27.2 Å². The van der Waals surface area contributed by atoms with Gasteiger partial charge in [0.2, 0.25) is 0 Å². The third-order valence-corrected chi connectivity index (χ3v) is 6.13. The van der Waals surface area contributed by atoms with Crippen molar-refractivity contribution in [2.45, 2.75) is 24.8 Å². The van der Waals surface area contributed by atoms with E-state index in [0.29, 0.717) is 64.1 Å². The van der Waals surface area contributed by atoms with Gasteiger partial charge in [-0.2, -0.15) is 0 Å². The molecule has 0 spiro atoms. The summed E-state index contributed by atoms with van der Waals surface area (Å²) in [5.41, 5.74) is 4.51. The molecule has 9 nitrogen and oxygen atoms in total. The number of aliphatic hydroxyl groups excluding tert-OH is 6. The molecule has 0 heterocycles. The average molecular weight is 735 g/mol. The fourth-order valence-corrected chi connectivity index (χ4v) is 4.08. The van der Waals surface area contributed by atoms with Gasteiger partial charge in [-0.3, -0.25) is 9.80 Å². The van der Waals surface area contributed by atoms with Crippen LogP contribution in [0.2, 0.25) is 0 Å². The Labute approximate surface area is 269 Å². The number of benzene rings is 2. The Morgan fingerprint density at radius 1 is 0.537 bits per heavy atom. The van der Waals surface area contributed by atoms with Crippen molar-refractivity contribution in [1.29, 1.82) is 0 Å². The van der Waals surface area contributed by atoms with Crippen LogP contribution >= 0.6 is 45.8 Å². The second-order valence-electron chi connectivity index (χ2n) is 8.45. The normalized spacial score (nSPS) is 10.3. The molecule has 2 aromatic rings. The van der Waals surface area contributed by atoms with Crippen LogP contribution in [0, 0.1) is 0 Å². The molecule has 0 atom stereocenters. The molecule has 0 unspecified atom stereocenters. The van der Waals surface area contributed by atoms with E-state index in [2.05, 4.69) is 27.9 Å². The fraction of sp³-hybridized carbons (Fsp3) is 0.586. The molecule has 0 radical (unpaired) electrons. The van der Waals surface area contributed by atoms with Crippen molar-refractivity contribution >= 4 is 45.8 Å². The summed E-state index contributed by atoms with van der Waals surface area (Å²) in [6, 6.07) is 15.9. The maximum absolute atomic E-state index is 9.11. The SMILES string of the molecule is CI.ClCc1ccccc1CCl.OCCN(CCO)Cc1ccccc1CN(CCO)CCO.OCCNCCO. The fourth-order valence-electron chi connectivity index (χ4n) is 3.55. The number of nitrogens with zero attached hydrogens (tertiary/aromatic N) is 2. The molecule has 0 fully saturated rings. The Morgan fingerprint density at radius 2 is 0.829 bits per heavy atom. The van der Waals surface area contributed by atoms with E-state index in [9.17, 15) is 0 Å². The average Bonchev–Trinajstić information content (AvgIpc) is 3.00. The molecule has 0 aliphatic rings. The molecule has 12 heteroatoms. The number of nitrogens with one attached hydrogen (secondary N) is 1. The first-order valence-electron chi connectivity index (χ1n) is 13.5. The van der Waals surface area contributed by atoms with Gasteiger partial charge >= 0.3 is 0 Å². The van der Waals surface area contributed by atoms with E-state index in [1.807, 2.05) is 63.3 Å². The highest BCUT2D eigenvalue weighted by Gasteiger charge is 2.11. The third kappa shape index (κ3) is 22.6. The van der Waals surface area contributed by atoms with E-state index < -0.39 is 0 Å². The number of halogens is 3. The van der Waals surface area contributed by atoms with Crippen LogP contribution in [-0.2, 0) is 24.8 Å². The van der Waals surface area contributed by atoms with E-state index in [1.54, 1.807) is 0 Å². The zero-order valence-electron chi connectivity index (χ0n) is 24.1. The van der Waals surface area contributed by atoms with Crippen molar-refractivity contribution in [1.82, 2.24) is 15.1 Å². The predicted octanol–water partition coefficient (Wildman–Crippen LogP) is 2.04. The minimum absolute atomic E-state index is 0.0588. The van der Waals surface area contributed by atoms with Gasteiger partial charge < -0.3 is 36.0 Å². The Morgan fingerprint density at radius 3 is 1.07 bits per heavy atom. The van der Waals surface area contributed by atoms with Gasteiger partial charge in [-0.15, -0.1) is 23.2 Å². The number of hydrogen-bond acceptors (Lipinski definition) is 9. The van der Waals surface area contributed by atoms with Gasteiger partial charge in [0.15, 0.2) is 0 Å². The lowest BCUT2D eigenvalue weighted by Crippen LogP contribution is -2.32. The van der Waals surface area contributed by atoms with E-state index in [0.717, 1.165) is 22.3 Å². The largest absolute Gasteiger partial charge is 0.395 e. The molecule has 0 bridgehead atoms. The summed E-state index contributed by atoms with van der Waals surface area (Å²) >= 11 is 13.5. The van der Waals surface area contributed by atoms with Crippen molar-refractivity contribution in [3.05, 3.63) is 70.8 Å². The van der Waals surface area contributed by atoms with Crippen LogP contribution in [0.5, 0.6) is 0 Å². The van der Waals surface area contributed by atoms with Crippen LogP contribution in [0.3, 0.4) is 0 Å². The van der Waals surface area contributed by atoms with Crippen LogP contribution in [0.1, 0.15) is 22.3 Å². The first-order valence-corrected chi connectivity index (χ1v) is 16.7.